The lowest BCUT2D eigenvalue weighted by atomic mass is 9.79. The molecule has 3 aromatic rings. The summed E-state index contributed by atoms with van der Waals surface area (Å²) >= 11 is 1.74. The van der Waals surface area contributed by atoms with Gasteiger partial charge in [-0.3, -0.25) is 4.79 Å². The van der Waals surface area contributed by atoms with Crippen LogP contribution in [0.5, 0.6) is 0 Å². The Morgan fingerprint density at radius 1 is 1.08 bits per heavy atom. The number of thiazole rings is 1. The first-order valence-corrected chi connectivity index (χ1v) is 9.75. The number of hydrogen-bond acceptors (Lipinski definition) is 3. The lowest BCUT2D eigenvalue weighted by Crippen LogP contribution is -2.30. The Bertz CT molecular complexity index is 851. The maximum atomic E-state index is 12.9. The predicted octanol–water partition coefficient (Wildman–Crippen LogP) is 5.52. The van der Waals surface area contributed by atoms with Gasteiger partial charge in [0, 0.05) is 17.5 Å². The number of carbonyl (C=O) groups is 1. The van der Waals surface area contributed by atoms with Crippen molar-refractivity contribution in [2.75, 3.05) is 5.32 Å². The van der Waals surface area contributed by atoms with E-state index in [-0.39, 0.29) is 17.7 Å². The summed E-state index contributed by atoms with van der Waals surface area (Å²) in [5, 5.41) is 4.23. The number of aromatic nitrogens is 1. The zero-order chi connectivity index (χ0) is 17.2. The highest BCUT2D eigenvalue weighted by molar-refractivity contribution is 7.18. The van der Waals surface area contributed by atoms with E-state index in [2.05, 4.69) is 24.4 Å². The average molecular weight is 350 g/mol. The summed E-state index contributed by atoms with van der Waals surface area (Å²) in [5.41, 5.74) is 3.12. The summed E-state index contributed by atoms with van der Waals surface area (Å²) in [5.74, 6) is 0.375. The van der Waals surface area contributed by atoms with Crippen molar-refractivity contribution in [1.29, 1.82) is 0 Å². The van der Waals surface area contributed by atoms with Gasteiger partial charge in [0.2, 0.25) is 5.91 Å². The Morgan fingerprint density at radius 3 is 2.64 bits per heavy atom. The standard InChI is InChI=1S/C21H22N2OS/c1-14-10-12-15(13-11-14)22-20(24)16-6-2-3-7-17(16)21-23-18-8-4-5-9-19(18)25-21/h4-5,8-13,16-17H,2-3,6-7H2,1H3,(H,22,24)/t16-,17-/m0/s1. The molecule has 0 saturated heterocycles. The van der Waals surface area contributed by atoms with Gasteiger partial charge in [-0.05, 0) is 44.0 Å². The molecule has 1 N–H and O–H groups in total. The van der Waals surface area contributed by atoms with Crippen LogP contribution in [0.25, 0.3) is 10.2 Å². The van der Waals surface area contributed by atoms with Gasteiger partial charge in [0.15, 0.2) is 0 Å². The molecule has 1 saturated carbocycles. The fraction of sp³-hybridized carbons (Fsp3) is 0.333. The van der Waals surface area contributed by atoms with E-state index in [4.69, 9.17) is 4.98 Å². The first-order chi connectivity index (χ1) is 12.2. The zero-order valence-electron chi connectivity index (χ0n) is 14.4. The summed E-state index contributed by atoms with van der Waals surface area (Å²) in [7, 11) is 0. The molecule has 1 aliphatic carbocycles. The minimum atomic E-state index is 0.00983. The van der Waals surface area contributed by atoms with E-state index in [9.17, 15) is 4.79 Å². The summed E-state index contributed by atoms with van der Waals surface area (Å²) in [6.07, 6.45) is 4.28. The SMILES string of the molecule is Cc1ccc(NC(=O)[C@H]2CCCC[C@@H]2c2nc3ccccc3s2)cc1. The summed E-state index contributed by atoms with van der Waals surface area (Å²) in [6.45, 7) is 2.05. The third-order valence-electron chi connectivity index (χ3n) is 5.05. The van der Waals surface area contributed by atoms with Crippen molar-refractivity contribution in [2.45, 2.75) is 38.5 Å². The Kier molecular flexibility index (Phi) is 4.53. The van der Waals surface area contributed by atoms with Crippen LogP contribution in [-0.2, 0) is 4.79 Å². The van der Waals surface area contributed by atoms with Crippen LogP contribution in [0, 0.1) is 12.8 Å². The second-order valence-corrected chi connectivity index (χ2v) is 7.93. The van der Waals surface area contributed by atoms with E-state index in [1.165, 1.54) is 16.7 Å². The van der Waals surface area contributed by atoms with Gasteiger partial charge in [0.25, 0.3) is 0 Å². The molecule has 0 unspecified atom stereocenters. The number of nitrogens with zero attached hydrogens (tertiary/aromatic N) is 1. The molecule has 1 amide bonds. The molecule has 2 aromatic carbocycles. The number of para-hydroxylation sites is 1. The van der Waals surface area contributed by atoms with Crippen LogP contribution in [0.15, 0.2) is 48.5 Å². The maximum absolute atomic E-state index is 12.9. The number of carbonyl (C=O) groups excluding carboxylic acids is 1. The van der Waals surface area contributed by atoms with Gasteiger partial charge in [-0.25, -0.2) is 4.98 Å². The molecule has 1 heterocycles. The molecule has 1 fully saturated rings. The van der Waals surface area contributed by atoms with Crippen molar-refractivity contribution >= 4 is 33.1 Å². The molecule has 128 valence electrons. The van der Waals surface area contributed by atoms with E-state index >= 15 is 0 Å². The van der Waals surface area contributed by atoms with Crippen LogP contribution in [0.1, 0.15) is 42.2 Å². The lowest BCUT2D eigenvalue weighted by Gasteiger charge is -2.29. The second-order valence-electron chi connectivity index (χ2n) is 6.87. The highest BCUT2D eigenvalue weighted by Crippen LogP contribution is 2.41. The van der Waals surface area contributed by atoms with Crippen LogP contribution in [0.2, 0.25) is 0 Å². The van der Waals surface area contributed by atoms with Crippen molar-refractivity contribution in [3.63, 3.8) is 0 Å². The van der Waals surface area contributed by atoms with Crippen LogP contribution in [0.4, 0.5) is 5.69 Å². The van der Waals surface area contributed by atoms with Gasteiger partial charge in [-0.1, -0.05) is 42.7 Å². The monoisotopic (exact) mass is 350 g/mol. The first-order valence-electron chi connectivity index (χ1n) is 8.94. The Hall–Kier alpha value is -2.20. The molecule has 25 heavy (non-hydrogen) atoms. The maximum Gasteiger partial charge on any atom is 0.228 e. The number of anilines is 1. The molecule has 4 rings (SSSR count). The van der Waals surface area contributed by atoms with Gasteiger partial charge in [-0.15, -0.1) is 11.3 Å². The largest absolute Gasteiger partial charge is 0.326 e. The fourth-order valence-electron chi connectivity index (χ4n) is 3.66. The minimum absolute atomic E-state index is 0.00983. The molecule has 0 spiro atoms. The quantitative estimate of drug-likeness (QED) is 0.676. The normalized spacial score (nSPS) is 20.5. The Balaban J connectivity index is 1.57. The number of fused-ring (bicyclic) bond motifs is 1. The van der Waals surface area contributed by atoms with Crippen molar-refractivity contribution in [3.05, 3.63) is 59.1 Å². The molecule has 0 radical (unpaired) electrons. The van der Waals surface area contributed by atoms with Crippen molar-refractivity contribution in [2.24, 2.45) is 5.92 Å². The summed E-state index contributed by atoms with van der Waals surface area (Å²) in [4.78, 5) is 17.7. The topological polar surface area (TPSA) is 42.0 Å². The number of nitrogens with one attached hydrogen (secondary N) is 1. The first kappa shape index (κ1) is 16.3. The van der Waals surface area contributed by atoms with Crippen LogP contribution in [-0.4, -0.2) is 10.9 Å². The van der Waals surface area contributed by atoms with Gasteiger partial charge in [0.1, 0.15) is 0 Å². The lowest BCUT2D eigenvalue weighted by molar-refractivity contribution is -0.121. The molecule has 2 atom stereocenters. The Morgan fingerprint density at radius 2 is 1.84 bits per heavy atom. The number of rotatable bonds is 3. The Labute approximate surface area is 152 Å². The van der Waals surface area contributed by atoms with Crippen molar-refractivity contribution in [1.82, 2.24) is 4.98 Å². The average Bonchev–Trinajstić information content (AvgIpc) is 3.07. The third-order valence-corrected chi connectivity index (χ3v) is 6.22. The number of benzene rings is 2. The molecule has 1 aromatic heterocycles. The summed E-state index contributed by atoms with van der Waals surface area (Å²) < 4.78 is 1.21. The number of amides is 1. The molecule has 1 aliphatic rings. The van der Waals surface area contributed by atoms with E-state index in [1.807, 2.05) is 36.4 Å². The van der Waals surface area contributed by atoms with Crippen molar-refractivity contribution in [3.8, 4) is 0 Å². The van der Waals surface area contributed by atoms with E-state index in [1.54, 1.807) is 11.3 Å². The van der Waals surface area contributed by atoms with Gasteiger partial charge >= 0.3 is 0 Å². The third kappa shape index (κ3) is 3.45. The summed E-state index contributed by atoms with van der Waals surface area (Å²) in [6, 6.07) is 16.2. The smallest absolute Gasteiger partial charge is 0.228 e. The molecule has 0 aliphatic heterocycles. The molecule has 0 bridgehead atoms. The molecule has 3 nitrogen and oxygen atoms in total. The number of hydrogen-bond donors (Lipinski definition) is 1. The van der Waals surface area contributed by atoms with Gasteiger partial charge in [0.05, 0.1) is 15.2 Å². The fourth-order valence-corrected chi connectivity index (χ4v) is 4.83. The molecular weight excluding hydrogens is 328 g/mol. The predicted molar refractivity (Wildman–Crippen MR) is 104 cm³/mol. The minimum Gasteiger partial charge on any atom is -0.326 e. The second kappa shape index (κ2) is 6.96. The highest BCUT2D eigenvalue weighted by atomic mass is 32.1. The molecule has 4 heteroatoms. The van der Waals surface area contributed by atoms with Crippen LogP contribution >= 0.6 is 11.3 Å². The van der Waals surface area contributed by atoms with Crippen LogP contribution in [0.3, 0.4) is 0 Å². The van der Waals surface area contributed by atoms with Crippen LogP contribution < -0.4 is 5.32 Å². The number of aryl methyl sites for hydroxylation is 1. The van der Waals surface area contributed by atoms with E-state index in [0.717, 1.165) is 35.5 Å². The zero-order valence-corrected chi connectivity index (χ0v) is 15.2. The highest BCUT2D eigenvalue weighted by Gasteiger charge is 2.34. The molecular formula is C21H22N2OS. The van der Waals surface area contributed by atoms with E-state index < -0.39 is 0 Å². The van der Waals surface area contributed by atoms with Crippen molar-refractivity contribution < 1.29 is 4.79 Å². The van der Waals surface area contributed by atoms with Gasteiger partial charge in [-0.2, -0.15) is 0 Å². The van der Waals surface area contributed by atoms with E-state index in [0.29, 0.717) is 0 Å². The van der Waals surface area contributed by atoms with Gasteiger partial charge < -0.3 is 5.32 Å².